The third kappa shape index (κ3) is 3.92. The molecule has 1 aromatic carbocycles. The number of imide groups is 2. The maximum atomic E-state index is 11.8. The van der Waals surface area contributed by atoms with Crippen LogP contribution >= 0.6 is 0 Å². The summed E-state index contributed by atoms with van der Waals surface area (Å²) in [5, 5.41) is 19.0. The van der Waals surface area contributed by atoms with Gasteiger partial charge >= 0.3 is 6.03 Å². The number of ether oxygens (including phenoxy) is 2. The summed E-state index contributed by atoms with van der Waals surface area (Å²) in [6, 6.07) is 3.85. The van der Waals surface area contributed by atoms with Crippen LogP contribution in [0.5, 0.6) is 11.5 Å². The van der Waals surface area contributed by atoms with E-state index < -0.39 is 17.8 Å². The van der Waals surface area contributed by atoms with Gasteiger partial charge in [0.1, 0.15) is 5.57 Å². The Balaban J connectivity index is 1.84. The van der Waals surface area contributed by atoms with Gasteiger partial charge in [0.15, 0.2) is 18.1 Å². The summed E-state index contributed by atoms with van der Waals surface area (Å²) in [5.41, 5.74) is 0.876. The number of amides is 4. The second-order valence-corrected chi connectivity index (χ2v) is 5.69. The van der Waals surface area contributed by atoms with E-state index in [0.717, 1.165) is 0 Å². The molecular weight excluding hydrogens is 372 g/mol. The van der Waals surface area contributed by atoms with Gasteiger partial charge in [-0.25, -0.2) is 4.79 Å². The van der Waals surface area contributed by atoms with Crippen molar-refractivity contribution in [2.45, 2.75) is 20.5 Å². The van der Waals surface area contributed by atoms with Crippen molar-refractivity contribution in [3.8, 4) is 11.5 Å². The van der Waals surface area contributed by atoms with Gasteiger partial charge in [-0.15, -0.1) is 0 Å². The third-order valence-corrected chi connectivity index (χ3v) is 3.78. The van der Waals surface area contributed by atoms with E-state index in [4.69, 9.17) is 9.47 Å². The first-order valence-electron chi connectivity index (χ1n) is 8.22. The number of aromatic nitrogens is 2. The number of barbiturate groups is 1. The molecule has 0 aliphatic carbocycles. The highest BCUT2D eigenvalue weighted by Crippen LogP contribution is 2.30. The minimum Gasteiger partial charge on any atom is -0.490 e. The number of carbonyl (C=O) groups is 3. The van der Waals surface area contributed by atoms with Crippen molar-refractivity contribution in [3.05, 3.63) is 45.9 Å². The number of rotatable bonds is 6. The van der Waals surface area contributed by atoms with Crippen LogP contribution in [-0.4, -0.2) is 29.6 Å². The van der Waals surface area contributed by atoms with E-state index in [-0.39, 0.29) is 22.8 Å². The molecular formula is C17H16N4O7. The zero-order valence-electron chi connectivity index (χ0n) is 15.0. The van der Waals surface area contributed by atoms with Crippen molar-refractivity contribution in [1.29, 1.82) is 0 Å². The molecule has 1 fully saturated rings. The lowest BCUT2D eigenvalue weighted by Gasteiger charge is -2.15. The van der Waals surface area contributed by atoms with E-state index in [2.05, 4.69) is 9.79 Å². The molecule has 2 heterocycles. The summed E-state index contributed by atoms with van der Waals surface area (Å²) in [4.78, 5) is 35.0. The summed E-state index contributed by atoms with van der Waals surface area (Å²) in [6.45, 7) is 3.63. The van der Waals surface area contributed by atoms with Gasteiger partial charge in [0.2, 0.25) is 11.4 Å². The normalized spacial score (nSPS) is 13.8. The SMILES string of the molecule is CCOc1cc(C=C2C(=O)NC(=O)NC2=O)ccc1OCc1c(C)no[n+]1[O-]. The van der Waals surface area contributed by atoms with E-state index in [0.29, 0.717) is 29.4 Å². The van der Waals surface area contributed by atoms with Gasteiger partial charge in [-0.05, 0) is 35.6 Å². The highest BCUT2D eigenvalue weighted by molar-refractivity contribution is 6.31. The maximum absolute atomic E-state index is 11.8. The molecule has 1 aromatic heterocycles. The minimum atomic E-state index is -0.870. The average molecular weight is 388 g/mol. The Hall–Kier alpha value is -3.89. The average Bonchev–Trinajstić information content (AvgIpc) is 2.96. The van der Waals surface area contributed by atoms with E-state index in [1.807, 2.05) is 10.6 Å². The highest BCUT2D eigenvalue weighted by atomic mass is 16.8. The molecule has 2 aromatic rings. The summed E-state index contributed by atoms with van der Waals surface area (Å²) in [5.74, 6) is -0.904. The van der Waals surface area contributed by atoms with Crippen molar-refractivity contribution in [3.63, 3.8) is 0 Å². The number of benzene rings is 1. The summed E-state index contributed by atoms with van der Waals surface area (Å²) in [7, 11) is 0. The Morgan fingerprint density at radius 1 is 1.18 bits per heavy atom. The summed E-state index contributed by atoms with van der Waals surface area (Å²) < 4.78 is 15.6. The Morgan fingerprint density at radius 2 is 1.89 bits per heavy atom. The van der Waals surface area contributed by atoms with Crippen LogP contribution in [-0.2, 0) is 16.2 Å². The van der Waals surface area contributed by atoms with Crippen molar-refractivity contribution in [2.24, 2.45) is 0 Å². The van der Waals surface area contributed by atoms with Crippen molar-refractivity contribution in [1.82, 2.24) is 15.8 Å². The van der Waals surface area contributed by atoms with Crippen molar-refractivity contribution < 1.29 is 33.4 Å². The zero-order chi connectivity index (χ0) is 20.3. The summed E-state index contributed by atoms with van der Waals surface area (Å²) >= 11 is 0. The molecule has 0 bridgehead atoms. The Bertz CT molecular complexity index is 938. The van der Waals surface area contributed by atoms with Crippen LogP contribution in [0.1, 0.15) is 23.9 Å². The Labute approximate surface area is 158 Å². The van der Waals surface area contributed by atoms with Gasteiger partial charge in [-0.2, -0.15) is 0 Å². The summed E-state index contributed by atoms with van der Waals surface area (Å²) in [6.07, 6.45) is 1.32. The first-order chi connectivity index (χ1) is 13.4. The molecule has 3 rings (SSSR count). The van der Waals surface area contributed by atoms with E-state index in [9.17, 15) is 19.6 Å². The molecule has 2 N–H and O–H groups in total. The number of hydrogen-bond acceptors (Lipinski definition) is 8. The lowest BCUT2D eigenvalue weighted by molar-refractivity contribution is -0.808. The number of nitrogens with one attached hydrogen (secondary N) is 2. The molecule has 1 aliphatic heterocycles. The molecule has 0 radical (unpaired) electrons. The van der Waals surface area contributed by atoms with Crippen LogP contribution < -0.4 is 25.0 Å². The molecule has 11 nitrogen and oxygen atoms in total. The fourth-order valence-corrected chi connectivity index (χ4v) is 2.41. The predicted molar refractivity (Wildman–Crippen MR) is 91.8 cm³/mol. The fraction of sp³-hybridized carbons (Fsp3) is 0.235. The van der Waals surface area contributed by atoms with Gasteiger partial charge < -0.3 is 14.7 Å². The largest absolute Gasteiger partial charge is 0.490 e. The molecule has 28 heavy (non-hydrogen) atoms. The third-order valence-electron chi connectivity index (χ3n) is 3.78. The van der Waals surface area contributed by atoms with Gasteiger partial charge in [-0.3, -0.25) is 24.9 Å². The molecule has 0 atom stereocenters. The van der Waals surface area contributed by atoms with Crippen LogP contribution in [0.4, 0.5) is 4.79 Å². The molecule has 146 valence electrons. The molecule has 0 unspecified atom stereocenters. The van der Waals surface area contributed by atoms with Crippen molar-refractivity contribution in [2.75, 3.05) is 6.61 Å². The van der Waals surface area contributed by atoms with Gasteiger partial charge in [-0.1, -0.05) is 6.07 Å². The van der Waals surface area contributed by atoms with Crippen LogP contribution in [0.15, 0.2) is 28.4 Å². The van der Waals surface area contributed by atoms with Crippen molar-refractivity contribution >= 4 is 23.9 Å². The van der Waals surface area contributed by atoms with Crippen LogP contribution in [0.25, 0.3) is 6.08 Å². The standard InChI is InChI=1S/C17H16N4O7/c1-3-26-14-7-10(6-11-15(22)18-17(24)19-16(11)23)4-5-13(14)27-8-12-9(2)20-28-21(12)25/h4-7H,3,8H2,1-2H3,(H2,18,19,22,23,24). The van der Waals surface area contributed by atoms with Crippen LogP contribution in [0.3, 0.4) is 0 Å². The second-order valence-electron chi connectivity index (χ2n) is 5.69. The van der Waals surface area contributed by atoms with E-state index in [1.54, 1.807) is 32.0 Å². The van der Waals surface area contributed by atoms with Crippen LogP contribution in [0, 0.1) is 12.1 Å². The minimum absolute atomic E-state index is 0.0910. The quantitative estimate of drug-likeness (QED) is 0.409. The number of aryl methyl sites for hydroxylation is 1. The Kier molecular flexibility index (Phi) is 5.25. The maximum Gasteiger partial charge on any atom is 0.328 e. The molecule has 0 spiro atoms. The van der Waals surface area contributed by atoms with Gasteiger partial charge in [0.25, 0.3) is 11.8 Å². The number of hydrogen-bond donors (Lipinski definition) is 2. The topological polar surface area (TPSA) is 147 Å². The molecule has 4 amide bonds. The monoisotopic (exact) mass is 388 g/mol. The van der Waals surface area contributed by atoms with Gasteiger partial charge in [0.05, 0.1) is 6.61 Å². The van der Waals surface area contributed by atoms with E-state index >= 15 is 0 Å². The number of carbonyl (C=O) groups excluding carboxylic acids is 3. The number of urea groups is 1. The first-order valence-corrected chi connectivity index (χ1v) is 8.22. The van der Waals surface area contributed by atoms with Gasteiger partial charge in [0, 0.05) is 12.1 Å². The molecule has 0 saturated carbocycles. The number of nitrogens with zero attached hydrogens (tertiary/aromatic N) is 2. The lowest BCUT2D eigenvalue weighted by atomic mass is 10.1. The zero-order valence-corrected chi connectivity index (χ0v) is 15.0. The van der Waals surface area contributed by atoms with Crippen LogP contribution in [0.2, 0.25) is 0 Å². The molecule has 11 heteroatoms. The first kappa shape index (κ1) is 18.9. The van der Waals surface area contributed by atoms with E-state index in [1.165, 1.54) is 6.08 Å². The Morgan fingerprint density at radius 3 is 2.50 bits per heavy atom. The highest BCUT2D eigenvalue weighted by Gasteiger charge is 2.27. The second kappa shape index (κ2) is 7.78. The predicted octanol–water partition coefficient (Wildman–Crippen LogP) is 0.344. The molecule has 1 aliphatic rings. The fourth-order valence-electron chi connectivity index (χ4n) is 2.41. The molecule has 1 saturated heterocycles. The smallest absolute Gasteiger partial charge is 0.328 e. The lowest BCUT2D eigenvalue weighted by Crippen LogP contribution is -2.51.